The summed E-state index contributed by atoms with van der Waals surface area (Å²) in [6.45, 7) is 4.87. The summed E-state index contributed by atoms with van der Waals surface area (Å²) in [6, 6.07) is 7.84. The highest BCUT2D eigenvalue weighted by Gasteiger charge is 2.17. The predicted molar refractivity (Wildman–Crippen MR) is 102 cm³/mol. The SMILES string of the molecule is CCCCN(CCC(=O)Nc1ccc(N2CCCC2)cc1)S(C)(=O)=O. The van der Waals surface area contributed by atoms with E-state index in [0.717, 1.165) is 31.6 Å². The number of anilines is 2. The van der Waals surface area contributed by atoms with E-state index in [0.29, 0.717) is 6.54 Å². The van der Waals surface area contributed by atoms with Crippen LogP contribution in [-0.4, -0.2) is 51.1 Å². The van der Waals surface area contributed by atoms with E-state index in [9.17, 15) is 13.2 Å². The first kappa shape index (κ1) is 19.7. The minimum Gasteiger partial charge on any atom is -0.372 e. The molecule has 0 aliphatic carbocycles. The van der Waals surface area contributed by atoms with E-state index in [4.69, 9.17) is 0 Å². The summed E-state index contributed by atoms with van der Waals surface area (Å²) in [5, 5.41) is 2.84. The molecular weight excluding hydrogens is 338 g/mol. The van der Waals surface area contributed by atoms with Gasteiger partial charge in [-0.3, -0.25) is 4.79 Å². The van der Waals surface area contributed by atoms with E-state index in [1.807, 2.05) is 31.2 Å². The van der Waals surface area contributed by atoms with Crippen LogP contribution in [0.25, 0.3) is 0 Å². The summed E-state index contributed by atoms with van der Waals surface area (Å²) >= 11 is 0. The standard InChI is InChI=1S/C18H29N3O3S/c1-3-4-14-21(25(2,23)24)15-11-18(22)19-16-7-9-17(10-8-16)20-12-5-6-13-20/h7-10H,3-6,11-15H2,1-2H3,(H,19,22). The maximum atomic E-state index is 12.1. The van der Waals surface area contributed by atoms with Gasteiger partial charge in [-0.1, -0.05) is 13.3 Å². The van der Waals surface area contributed by atoms with Gasteiger partial charge in [-0.25, -0.2) is 12.7 Å². The van der Waals surface area contributed by atoms with Gasteiger partial charge >= 0.3 is 0 Å². The van der Waals surface area contributed by atoms with Crippen molar-refractivity contribution in [1.82, 2.24) is 4.31 Å². The molecule has 140 valence electrons. The van der Waals surface area contributed by atoms with Crippen molar-refractivity contribution in [2.45, 2.75) is 39.0 Å². The number of rotatable bonds is 9. The molecule has 0 aromatic heterocycles. The van der Waals surface area contributed by atoms with Gasteiger partial charge in [-0.15, -0.1) is 0 Å². The van der Waals surface area contributed by atoms with Gasteiger partial charge in [0, 0.05) is 44.0 Å². The second-order valence-electron chi connectivity index (χ2n) is 6.55. The van der Waals surface area contributed by atoms with E-state index < -0.39 is 10.0 Å². The molecule has 0 saturated carbocycles. The molecule has 0 radical (unpaired) electrons. The third-order valence-corrected chi connectivity index (χ3v) is 5.74. The van der Waals surface area contributed by atoms with Crippen LogP contribution in [0.3, 0.4) is 0 Å². The molecule has 0 spiro atoms. The quantitative estimate of drug-likeness (QED) is 0.728. The summed E-state index contributed by atoms with van der Waals surface area (Å²) in [7, 11) is -3.27. The van der Waals surface area contributed by atoms with Crippen LogP contribution < -0.4 is 10.2 Å². The lowest BCUT2D eigenvalue weighted by molar-refractivity contribution is -0.116. The Morgan fingerprint density at radius 1 is 1.16 bits per heavy atom. The first-order chi connectivity index (χ1) is 11.9. The van der Waals surface area contributed by atoms with Crippen LogP contribution in [0.5, 0.6) is 0 Å². The Morgan fingerprint density at radius 3 is 2.36 bits per heavy atom. The number of nitrogens with zero attached hydrogens (tertiary/aromatic N) is 2. The minimum atomic E-state index is -3.27. The monoisotopic (exact) mass is 367 g/mol. The first-order valence-electron chi connectivity index (χ1n) is 9.00. The maximum Gasteiger partial charge on any atom is 0.225 e. The molecule has 25 heavy (non-hydrogen) atoms. The van der Waals surface area contributed by atoms with Gasteiger partial charge in [0.1, 0.15) is 0 Å². The number of hydrogen-bond acceptors (Lipinski definition) is 4. The van der Waals surface area contributed by atoms with Crippen LogP contribution in [0.15, 0.2) is 24.3 Å². The van der Waals surface area contributed by atoms with Crippen LogP contribution >= 0.6 is 0 Å². The summed E-state index contributed by atoms with van der Waals surface area (Å²) in [6.07, 6.45) is 5.53. The third-order valence-electron chi connectivity index (χ3n) is 4.44. The normalized spacial score (nSPS) is 14.9. The number of hydrogen-bond donors (Lipinski definition) is 1. The number of carbonyl (C=O) groups is 1. The van der Waals surface area contributed by atoms with Crippen molar-refractivity contribution in [3.63, 3.8) is 0 Å². The fourth-order valence-corrected chi connectivity index (χ4v) is 3.84. The number of sulfonamides is 1. The van der Waals surface area contributed by atoms with Crippen molar-refractivity contribution in [3.05, 3.63) is 24.3 Å². The Labute approximate surface area is 151 Å². The zero-order chi connectivity index (χ0) is 18.3. The largest absolute Gasteiger partial charge is 0.372 e. The summed E-state index contributed by atoms with van der Waals surface area (Å²) < 4.78 is 24.9. The van der Waals surface area contributed by atoms with Crippen molar-refractivity contribution in [3.8, 4) is 0 Å². The van der Waals surface area contributed by atoms with Crippen LogP contribution in [0.4, 0.5) is 11.4 Å². The molecule has 1 heterocycles. The van der Waals surface area contributed by atoms with Gasteiger partial charge in [-0.2, -0.15) is 0 Å². The molecule has 1 aliphatic heterocycles. The van der Waals surface area contributed by atoms with Gasteiger partial charge in [0.15, 0.2) is 0 Å². The molecule has 1 aromatic rings. The molecule has 1 amide bonds. The lowest BCUT2D eigenvalue weighted by atomic mass is 10.2. The molecule has 0 atom stereocenters. The molecule has 6 nitrogen and oxygen atoms in total. The molecule has 7 heteroatoms. The van der Waals surface area contributed by atoms with Crippen molar-refractivity contribution in [2.24, 2.45) is 0 Å². The average molecular weight is 368 g/mol. The van der Waals surface area contributed by atoms with Crippen LogP contribution in [-0.2, 0) is 14.8 Å². The van der Waals surface area contributed by atoms with Gasteiger partial charge in [0.25, 0.3) is 0 Å². The zero-order valence-electron chi connectivity index (χ0n) is 15.2. The summed E-state index contributed by atoms with van der Waals surface area (Å²) in [5.74, 6) is -0.168. The minimum absolute atomic E-state index is 0.157. The number of nitrogens with one attached hydrogen (secondary N) is 1. The summed E-state index contributed by atoms with van der Waals surface area (Å²) in [5.41, 5.74) is 1.92. The second kappa shape index (κ2) is 9.20. The van der Waals surface area contributed by atoms with Crippen molar-refractivity contribution in [2.75, 3.05) is 42.7 Å². The third kappa shape index (κ3) is 6.32. The molecule has 1 fully saturated rings. The van der Waals surface area contributed by atoms with E-state index in [-0.39, 0.29) is 18.9 Å². The van der Waals surface area contributed by atoms with Gasteiger partial charge in [0.2, 0.25) is 15.9 Å². The first-order valence-corrected chi connectivity index (χ1v) is 10.8. The molecule has 1 N–H and O–H groups in total. The van der Waals surface area contributed by atoms with E-state index in [2.05, 4.69) is 10.2 Å². The van der Waals surface area contributed by atoms with Gasteiger partial charge in [0.05, 0.1) is 6.26 Å². The smallest absolute Gasteiger partial charge is 0.225 e. The lowest BCUT2D eigenvalue weighted by Crippen LogP contribution is -2.33. The molecule has 0 unspecified atom stereocenters. The fourth-order valence-electron chi connectivity index (χ4n) is 2.96. The molecule has 1 aliphatic rings. The second-order valence-corrected chi connectivity index (χ2v) is 8.54. The molecular formula is C18H29N3O3S. The Hall–Kier alpha value is -1.60. The maximum absolute atomic E-state index is 12.1. The average Bonchev–Trinajstić information content (AvgIpc) is 3.09. The van der Waals surface area contributed by atoms with Gasteiger partial charge in [-0.05, 0) is 43.5 Å². The van der Waals surface area contributed by atoms with Crippen LogP contribution in [0.1, 0.15) is 39.0 Å². The Bertz CT molecular complexity index is 653. The topological polar surface area (TPSA) is 69.7 Å². The molecule has 0 bridgehead atoms. The van der Waals surface area contributed by atoms with E-state index in [1.165, 1.54) is 29.1 Å². The van der Waals surface area contributed by atoms with E-state index >= 15 is 0 Å². The zero-order valence-corrected chi connectivity index (χ0v) is 16.0. The lowest BCUT2D eigenvalue weighted by Gasteiger charge is -2.19. The fraction of sp³-hybridized carbons (Fsp3) is 0.611. The number of benzene rings is 1. The molecule has 1 saturated heterocycles. The van der Waals surface area contributed by atoms with Crippen LogP contribution in [0, 0.1) is 0 Å². The van der Waals surface area contributed by atoms with Crippen molar-refractivity contribution < 1.29 is 13.2 Å². The predicted octanol–water partition coefficient (Wildman–Crippen LogP) is 2.68. The number of amides is 1. The highest BCUT2D eigenvalue weighted by atomic mass is 32.2. The van der Waals surface area contributed by atoms with Crippen molar-refractivity contribution in [1.29, 1.82) is 0 Å². The van der Waals surface area contributed by atoms with E-state index in [1.54, 1.807) is 0 Å². The molecule has 2 rings (SSSR count). The van der Waals surface area contributed by atoms with Crippen LogP contribution in [0.2, 0.25) is 0 Å². The highest BCUT2D eigenvalue weighted by Crippen LogP contribution is 2.22. The Morgan fingerprint density at radius 2 is 1.80 bits per heavy atom. The highest BCUT2D eigenvalue weighted by molar-refractivity contribution is 7.88. The Balaban J connectivity index is 1.84. The Kier molecular flexibility index (Phi) is 7.25. The molecule has 1 aromatic carbocycles. The van der Waals surface area contributed by atoms with Crippen molar-refractivity contribution >= 4 is 27.3 Å². The number of carbonyl (C=O) groups excluding carboxylic acids is 1. The number of unbranched alkanes of at least 4 members (excludes halogenated alkanes) is 1. The summed E-state index contributed by atoms with van der Waals surface area (Å²) in [4.78, 5) is 14.5. The van der Waals surface area contributed by atoms with Gasteiger partial charge < -0.3 is 10.2 Å².